The molecule has 0 atom stereocenters. The van der Waals surface area contributed by atoms with Gasteiger partial charge in [-0.2, -0.15) is 0 Å². The van der Waals surface area contributed by atoms with Gasteiger partial charge in [-0.1, -0.05) is 19.8 Å². The third-order valence-electron chi connectivity index (χ3n) is 2.61. The van der Waals surface area contributed by atoms with E-state index in [1.807, 2.05) is 0 Å². The fourth-order valence-corrected chi connectivity index (χ4v) is 1.58. The van der Waals surface area contributed by atoms with Crippen molar-refractivity contribution in [3.05, 3.63) is 30.7 Å². The molecule has 18 heavy (non-hydrogen) atoms. The highest BCUT2D eigenvalue weighted by atomic mass is 16.5. The number of methoxy groups -OCH3 is 2. The van der Waals surface area contributed by atoms with E-state index >= 15 is 0 Å². The molecule has 0 fully saturated rings. The molecule has 0 heterocycles. The molecule has 0 aliphatic carbocycles. The lowest BCUT2D eigenvalue weighted by Crippen LogP contribution is -2.24. The van der Waals surface area contributed by atoms with Crippen LogP contribution in [0.3, 0.4) is 0 Å². The Hall–Kier alpha value is -1.71. The molecule has 0 aromatic heterocycles. The van der Waals surface area contributed by atoms with Crippen molar-refractivity contribution in [2.75, 3.05) is 20.8 Å². The molecule has 1 aromatic rings. The van der Waals surface area contributed by atoms with Crippen molar-refractivity contribution in [1.29, 1.82) is 0 Å². The number of carbonyl (C=O) groups excluding carboxylic acids is 1. The maximum absolute atomic E-state index is 11.9. The zero-order chi connectivity index (χ0) is 13.4. The number of hydrogen-bond acceptors (Lipinski definition) is 3. The van der Waals surface area contributed by atoms with Gasteiger partial charge in [0.25, 0.3) is 5.91 Å². The fourth-order valence-electron chi connectivity index (χ4n) is 1.58. The molecule has 1 aromatic carbocycles. The van der Waals surface area contributed by atoms with E-state index in [9.17, 15) is 4.79 Å². The summed E-state index contributed by atoms with van der Waals surface area (Å²) in [5.74, 6) is 1.08. The molecule has 1 N–H and O–H groups in total. The minimum Gasteiger partial charge on any atom is -0.493 e. The highest BCUT2D eigenvalue weighted by Gasteiger charge is 2.09. The second-order valence-corrected chi connectivity index (χ2v) is 3.89. The monoisotopic (exact) mass is 250 g/mol. The molecule has 0 bridgehead atoms. The smallest absolute Gasteiger partial charge is 0.251 e. The van der Waals surface area contributed by atoms with E-state index in [4.69, 9.17) is 9.47 Å². The van der Waals surface area contributed by atoms with Crippen LogP contribution in [0.4, 0.5) is 0 Å². The van der Waals surface area contributed by atoms with Crippen LogP contribution in [0, 0.1) is 6.92 Å². The van der Waals surface area contributed by atoms with Crippen LogP contribution in [0.2, 0.25) is 0 Å². The molecule has 1 rings (SSSR count). The van der Waals surface area contributed by atoms with Crippen molar-refractivity contribution in [2.24, 2.45) is 0 Å². The lowest BCUT2D eigenvalue weighted by molar-refractivity contribution is 0.0952. The van der Waals surface area contributed by atoms with E-state index in [1.54, 1.807) is 32.4 Å². The average Bonchev–Trinajstić information content (AvgIpc) is 2.42. The first-order valence-corrected chi connectivity index (χ1v) is 6.02. The zero-order valence-corrected chi connectivity index (χ0v) is 11.0. The van der Waals surface area contributed by atoms with Gasteiger partial charge in [-0.15, -0.1) is 0 Å². The summed E-state index contributed by atoms with van der Waals surface area (Å²) < 4.78 is 10.3. The average molecular weight is 250 g/mol. The van der Waals surface area contributed by atoms with Crippen LogP contribution in [0.1, 0.15) is 29.6 Å². The second-order valence-electron chi connectivity index (χ2n) is 3.89. The summed E-state index contributed by atoms with van der Waals surface area (Å²) in [7, 11) is 3.12. The molecule has 0 spiro atoms. The molecule has 0 aliphatic rings. The van der Waals surface area contributed by atoms with Gasteiger partial charge in [-0.25, -0.2) is 0 Å². The summed E-state index contributed by atoms with van der Waals surface area (Å²) in [5, 5.41) is 2.86. The molecule has 0 saturated carbocycles. The lowest BCUT2D eigenvalue weighted by Gasteiger charge is -2.09. The number of nitrogens with one attached hydrogen (secondary N) is 1. The summed E-state index contributed by atoms with van der Waals surface area (Å²) in [6.07, 6.45) is 2.86. The van der Waals surface area contributed by atoms with E-state index in [1.165, 1.54) is 0 Å². The molecule has 0 unspecified atom stereocenters. The number of benzene rings is 1. The molecule has 4 nitrogen and oxygen atoms in total. The summed E-state index contributed by atoms with van der Waals surface area (Å²) in [6, 6.07) is 5.12. The zero-order valence-electron chi connectivity index (χ0n) is 11.0. The van der Waals surface area contributed by atoms with Gasteiger partial charge in [0.15, 0.2) is 11.5 Å². The van der Waals surface area contributed by atoms with Crippen molar-refractivity contribution < 1.29 is 14.3 Å². The molecular weight excluding hydrogens is 230 g/mol. The summed E-state index contributed by atoms with van der Waals surface area (Å²) in [4.78, 5) is 11.9. The largest absolute Gasteiger partial charge is 0.493 e. The fraction of sp³-hybridized carbons (Fsp3) is 0.429. The van der Waals surface area contributed by atoms with Crippen LogP contribution < -0.4 is 14.8 Å². The minimum atomic E-state index is -0.0972. The minimum absolute atomic E-state index is 0.0972. The predicted octanol–water partition coefficient (Wildman–Crippen LogP) is 2.44. The Morgan fingerprint density at radius 3 is 2.56 bits per heavy atom. The number of unbranched alkanes of at least 4 members (excludes halogenated alkanes) is 2. The van der Waals surface area contributed by atoms with Crippen LogP contribution in [-0.4, -0.2) is 26.7 Å². The van der Waals surface area contributed by atoms with Gasteiger partial charge < -0.3 is 14.8 Å². The lowest BCUT2D eigenvalue weighted by atomic mass is 10.2. The number of rotatable bonds is 7. The molecule has 1 amide bonds. The molecule has 0 aliphatic heterocycles. The Bertz CT molecular complexity index is 391. The van der Waals surface area contributed by atoms with E-state index in [0.29, 0.717) is 23.6 Å². The maximum atomic E-state index is 11.9. The molecular formula is C14H20NO3. The Kier molecular flexibility index (Phi) is 6.05. The van der Waals surface area contributed by atoms with Crippen molar-refractivity contribution in [1.82, 2.24) is 5.32 Å². The van der Waals surface area contributed by atoms with E-state index in [-0.39, 0.29) is 5.91 Å². The maximum Gasteiger partial charge on any atom is 0.251 e. The van der Waals surface area contributed by atoms with Crippen molar-refractivity contribution >= 4 is 5.91 Å². The van der Waals surface area contributed by atoms with Crippen LogP contribution in [0.25, 0.3) is 0 Å². The number of ether oxygens (including phenoxy) is 2. The Balaban J connectivity index is 2.62. The predicted molar refractivity (Wildman–Crippen MR) is 71.1 cm³/mol. The van der Waals surface area contributed by atoms with Crippen LogP contribution in [-0.2, 0) is 0 Å². The highest BCUT2D eigenvalue weighted by Crippen LogP contribution is 2.27. The first-order chi connectivity index (χ1) is 8.72. The van der Waals surface area contributed by atoms with Crippen molar-refractivity contribution in [3.8, 4) is 11.5 Å². The van der Waals surface area contributed by atoms with Gasteiger partial charge in [0, 0.05) is 12.1 Å². The normalized spacial score (nSPS) is 9.94. The summed E-state index contributed by atoms with van der Waals surface area (Å²) in [5.41, 5.74) is 0.572. The van der Waals surface area contributed by atoms with E-state index < -0.39 is 0 Å². The first-order valence-electron chi connectivity index (χ1n) is 6.02. The number of amides is 1. The molecule has 1 radical (unpaired) electrons. The Morgan fingerprint density at radius 2 is 1.94 bits per heavy atom. The summed E-state index contributed by atoms with van der Waals surface area (Å²) in [6.45, 7) is 4.43. The molecule has 0 saturated heterocycles. The second kappa shape index (κ2) is 7.58. The molecule has 4 heteroatoms. The van der Waals surface area contributed by atoms with E-state index in [0.717, 1.165) is 19.3 Å². The quantitative estimate of drug-likeness (QED) is 0.756. The van der Waals surface area contributed by atoms with Gasteiger partial charge in [-0.3, -0.25) is 4.79 Å². The SMILES string of the molecule is [CH2]CCCCNC(=O)c1ccc(OC)c(OC)c1. The van der Waals surface area contributed by atoms with Gasteiger partial charge in [0.05, 0.1) is 14.2 Å². The van der Waals surface area contributed by atoms with Gasteiger partial charge >= 0.3 is 0 Å². The van der Waals surface area contributed by atoms with Crippen molar-refractivity contribution in [3.63, 3.8) is 0 Å². The number of hydrogen-bond donors (Lipinski definition) is 1. The highest BCUT2D eigenvalue weighted by molar-refractivity contribution is 5.94. The Labute approximate surface area is 108 Å². The Morgan fingerprint density at radius 1 is 1.22 bits per heavy atom. The summed E-state index contributed by atoms with van der Waals surface area (Å²) >= 11 is 0. The third-order valence-corrected chi connectivity index (χ3v) is 2.61. The van der Waals surface area contributed by atoms with Crippen molar-refractivity contribution in [2.45, 2.75) is 19.3 Å². The standard InChI is InChI=1S/C14H20NO3/c1-4-5-6-9-15-14(16)11-7-8-12(17-2)13(10-11)18-3/h7-8,10H,1,4-6,9H2,2-3H3,(H,15,16). The topological polar surface area (TPSA) is 47.6 Å². The molecule has 99 valence electrons. The van der Waals surface area contributed by atoms with Gasteiger partial charge in [0.1, 0.15) is 0 Å². The van der Waals surface area contributed by atoms with Crippen LogP contribution in [0.5, 0.6) is 11.5 Å². The first kappa shape index (κ1) is 14.4. The van der Waals surface area contributed by atoms with Crippen LogP contribution in [0.15, 0.2) is 18.2 Å². The van der Waals surface area contributed by atoms with Gasteiger partial charge in [-0.05, 0) is 24.6 Å². The third kappa shape index (κ3) is 3.95. The van der Waals surface area contributed by atoms with Crippen LogP contribution >= 0.6 is 0 Å². The van der Waals surface area contributed by atoms with Gasteiger partial charge in [0.2, 0.25) is 0 Å². The number of carbonyl (C=O) groups is 1. The van der Waals surface area contributed by atoms with E-state index in [2.05, 4.69) is 12.2 Å².